The minimum absolute atomic E-state index is 0.423. The Hall–Kier alpha value is -1.19. The Kier molecular flexibility index (Phi) is 3.92. The molecule has 1 aromatic carbocycles. The molecule has 3 nitrogen and oxygen atoms in total. The van der Waals surface area contributed by atoms with Crippen LogP contribution in [0.3, 0.4) is 0 Å². The van der Waals surface area contributed by atoms with Gasteiger partial charge in [0.1, 0.15) is 5.75 Å². The number of aromatic nitrogens is 2. The maximum absolute atomic E-state index is 6.17. The van der Waals surface area contributed by atoms with Crippen molar-refractivity contribution in [2.24, 2.45) is 0 Å². The van der Waals surface area contributed by atoms with Crippen LogP contribution in [0.4, 0.5) is 0 Å². The number of ether oxygens (including phenoxy) is 1. The van der Waals surface area contributed by atoms with E-state index in [1.807, 2.05) is 22.8 Å². The fraction of sp³-hybridized carbons (Fsp3) is 0.250. The number of nitrogens with zero attached hydrogens (tertiary/aromatic N) is 2. The highest BCUT2D eigenvalue weighted by atomic mass is 35.5. The summed E-state index contributed by atoms with van der Waals surface area (Å²) in [6, 6.07) is 5.59. The summed E-state index contributed by atoms with van der Waals surface area (Å²) in [6.45, 7) is 0.602. The topological polar surface area (TPSA) is 27.1 Å². The average Bonchev–Trinajstić information content (AvgIpc) is 2.79. The summed E-state index contributed by atoms with van der Waals surface area (Å²) < 4.78 is 7.25. The van der Waals surface area contributed by atoms with Crippen LogP contribution in [-0.2, 0) is 12.4 Å². The fourth-order valence-corrected chi connectivity index (χ4v) is 2.10. The molecule has 1 heterocycles. The van der Waals surface area contributed by atoms with E-state index in [-0.39, 0.29) is 0 Å². The minimum Gasteiger partial charge on any atom is -0.496 e. The molecular formula is C12H12Cl2N2O. The van der Waals surface area contributed by atoms with Crippen LogP contribution in [0.1, 0.15) is 11.3 Å². The molecule has 0 aliphatic carbocycles. The van der Waals surface area contributed by atoms with Crippen LogP contribution in [0, 0.1) is 0 Å². The standard InChI is InChI=1S/C12H12Cl2N2O/c1-17-12-4-2-3-11(14)10(12)7-16-8-15-6-9(16)5-13/h2-4,6,8H,5,7H2,1H3. The van der Waals surface area contributed by atoms with Crippen molar-refractivity contribution in [3.8, 4) is 5.75 Å². The predicted molar refractivity (Wildman–Crippen MR) is 68.9 cm³/mol. The van der Waals surface area contributed by atoms with Gasteiger partial charge in [-0.2, -0.15) is 0 Å². The Morgan fingerprint density at radius 3 is 2.94 bits per heavy atom. The number of imidazole rings is 1. The Bertz CT molecular complexity index is 511. The third-order valence-corrected chi connectivity index (χ3v) is 3.19. The molecule has 0 amide bonds. The van der Waals surface area contributed by atoms with Crippen LogP contribution in [0.2, 0.25) is 5.02 Å². The molecule has 0 saturated carbocycles. The summed E-state index contributed by atoms with van der Waals surface area (Å²) in [5.41, 5.74) is 1.88. The molecule has 0 atom stereocenters. The molecule has 0 fully saturated rings. The molecule has 0 radical (unpaired) electrons. The van der Waals surface area contributed by atoms with Crippen molar-refractivity contribution in [2.75, 3.05) is 7.11 Å². The lowest BCUT2D eigenvalue weighted by Crippen LogP contribution is -2.04. The number of benzene rings is 1. The zero-order valence-corrected chi connectivity index (χ0v) is 10.9. The molecule has 0 aliphatic heterocycles. The van der Waals surface area contributed by atoms with Crippen molar-refractivity contribution < 1.29 is 4.74 Å². The SMILES string of the molecule is COc1cccc(Cl)c1Cn1cncc1CCl. The molecule has 0 N–H and O–H groups in total. The van der Waals surface area contributed by atoms with Crippen molar-refractivity contribution in [1.29, 1.82) is 0 Å². The van der Waals surface area contributed by atoms with Gasteiger partial charge in [-0.1, -0.05) is 17.7 Å². The molecule has 5 heteroatoms. The Morgan fingerprint density at radius 2 is 2.24 bits per heavy atom. The third kappa shape index (κ3) is 2.56. The van der Waals surface area contributed by atoms with Crippen LogP contribution in [0.25, 0.3) is 0 Å². The van der Waals surface area contributed by atoms with Crippen LogP contribution in [-0.4, -0.2) is 16.7 Å². The molecule has 2 aromatic rings. The van der Waals surface area contributed by atoms with Gasteiger partial charge in [0.2, 0.25) is 0 Å². The Labute approximate surface area is 110 Å². The van der Waals surface area contributed by atoms with E-state index in [2.05, 4.69) is 4.98 Å². The zero-order chi connectivity index (χ0) is 12.3. The molecule has 17 heavy (non-hydrogen) atoms. The van der Waals surface area contributed by atoms with E-state index < -0.39 is 0 Å². The van der Waals surface area contributed by atoms with Crippen molar-refractivity contribution in [3.05, 3.63) is 47.0 Å². The number of hydrogen-bond donors (Lipinski definition) is 0. The first-order valence-electron chi connectivity index (χ1n) is 5.12. The highest BCUT2D eigenvalue weighted by molar-refractivity contribution is 6.31. The maximum atomic E-state index is 6.17. The van der Waals surface area contributed by atoms with E-state index in [0.717, 1.165) is 17.0 Å². The first-order valence-corrected chi connectivity index (χ1v) is 6.04. The number of halogens is 2. The van der Waals surface area contributed by atoms with Gasteiger partial charge in [-0.25, -0.2) is 4.98 Å². The Morgan fingerprint density at radius 1 is 1.41 bits per heavy atom. The molecule has 0 unspecified atom stereocenters. The molecule has 2 rings (SSSR count). The van der Waals surface area contributed by atoms with E-state index in [0.29, 0.717) is 17.4 Å². The number of rotatable bonds is 4. The molecule has 0 bridgehead atoms. The monoisotopic (exact) mass is 270 g/mol. The summed E-state index contributed by atoms with van der Waals surface area (Å²) in [5.74, 6) is 1.19. The van der Waals surface area contributed by atoms with E-state index >= 15 is 0 Å². The predicted octanol–water partition coefficient (Wildman–Crippen LogP) is 3.33. The minimum atomic E-state index is 0.423. The molecule has 0 aliphatic rings. The van der Waals surface area contributed by atoms with Gasteiger partial charge in [-0.15, -0.1) is 11.6 Å². The fourth-order valence-electron chi connectivity index (χ4n) is 1.66. The van der Waals surface area contributed by atoms with E-state index in [1.54, 1.807) is 19.6 Å². The second-order valence-corrected chi connectivity index (χ2v) is 4.24. The van der Waals surface area contributed by atoms with Crippen LogP contribution >= 0.6 is 23.2 Å². The van der Waals surface area contributed by atoms with Gasteiger partial charge in [-0.05, 0) is 12.1 Å². The van der Waals surface area contributed by atoms with Gasteiger partial charge >= 0.3 is 0 Å². The summed E-state index contributed by atoms with van der Waals surface area (Å²) >= 11 is 12.0. The highest BCUT2D eigenvalue weighted by Gasteiger charge is 2.10. The van der Waals surface area contributed by atoms with Gasteiger partial charge in [0.05, 0.1) is 31.6 Å². The normalized spacial score (nSPS) is 10.5. The average molecular weight is 271 g/mol. The van der Waals surface area contributed by atoms with Crippen molar-refractivity contribution in [1.82, 2.24) is 9.55 Å². The largest absolute Gasteiger partial charge is 0.496 e. The van der Waals surface area contributed by atoms with Gasteiger partial charge in [0, 0.05) is 16.8 Å². The first kappa shape index (κ1) is 12.3. The van der Waals surface area contributed by atoms with Crippen molar-refractivity contribution in [3.63, 3.8) is 0 Å². The third-order valence-electron chi connectivity index (χ3n) is 2.56. The first-order chi connectivity index (χ1) is 8.26. The van der Waals surface area contributed by atoms with E-state index in [4.69, 9.17) is 27.9 Å². The summed E-state index contributed by atoms with van der Waals surface area (Å²) in [7, 11) is 1.63. The van der Waals surface area contributed by atoms with Crippen molar-refractivity contribution in [2.45, 2.75) is 12.4 Å². The van der Waals surface area contributed by atoms with Crippen LogP contribution in [0.15, 0.2) is 30.7 Å². The number of alkyl halides is 1. The highest BCUT2D eigenvalue weighted by Crippen LogP contribution is 2.27. The van der Waals surface area contributed by atoms with E-state index in [9.17, 15) is 0 Å². The smallest absolute Gasteiger partial charge is 0.125 e. The lowest BCUT2D eigenvalue weighted by atomic mass is 10.2. The lowest BCUT2D eigenvalue weighted by Gasteiger charge is -2.12. The van der Waals surface area contributed by atoms with Gasteiger partial charge < -0.3 is 9.30 Å². The molecule has 1 aromatic heterocycles. The van der Waals surface area contributed by atoms with E-state index in [1.165, 1.54) is 0 Å². The zero-order valence-electron chi connectivity index (χ0n) is 9.36. The van der Waals surface area contributed by atoms with Gasteiger partial charge in [0.15, 0.2) is 0 Å². The van der Waals surface area contributed by atoms with Gasteiger partial charge in [0.25, 0.3) is 0 Å². The summed E-state index contributed by atoms with van der Waals surface area (Å²) in [6.07, 6.45) is 3.48. The van der Waals surface area contributed by atoms with Gasteiger partial charge in [-0.3, -0.25) is 0 Å². The second-order valence-electron chi connectivity index (χ2n) is 3.57. The van der Waals surface area contributed by atoms with Crippen LogP contribution in [0.5, 0.6) is 5.75 Å². The molecule has 90 valence electrons. The molecular weight excluding hydrogens is 259 g/mol. The van der Waals surface area contributed by atoms with Crippen LogP contribution < -0.4 is 4.74 Å². The number of hydrogen-bond acceptors (Lipinski definition) is 2. The Balaban J connectivity index is 2.35. The summed E-state index contributed by atoms with van der Waals surface area (Å²) in [5, 5.41) is 0.679. The number of methoxy groups -OCH3 is 1. The lowest BCUT2D eigenvalue weighted by molar-refractivity contribution is 0.408. The van der Waals surface area contributed by atoms with Crippen molar-refractivity contribution >= 4 is 23.2 Å². The molecule has 0 saturated heterocycles. The quantitative estimate of drug-likeness (QED) is 0.797. The maximum Gasteiger partial charge on any atom is 0.125 e. The molecule has 0 spiro atoms. The summed E-state index contributed by atoms with van der Waals surface area (Å²) in [4.78, 5) is 4.07. The second kappa shape index (κ2) is 5.43.